The SMILES string of the molecule is CCN(CC)c1ccc(NC(=O)Cn2nc(-c3cc(C)ccc3C)ccc2=O)cc1. The summed E-state index contributed by atoms with van der Waals surface area (Å²) in [6.45, 7) is 9.93. The van der Waals surface area contributed by atoms with E-state index in [4.69, 9.17) is 0 Å². The number of hydrogen-bond acceptors (Lipinski definition) is 4. The second-order valence-corrected chi connectivity index (χ2v) is 7.30. The van der Waals surface area contributed by atoms with Gasteiger partial charge in [-0.2, -0.15) is 5.10 Å². The zero-order valence-corrected chi connectivity index (χ0v) is 18.0. The standard InChI is InChI=1S/C24H28N4O2/c1-5-27(6-2)20-11-9-19(10-12-20)25-23(29)16-28-24(30)14-13-22(26-28)21-15-17(3)7-8-18(21)4/h7-15H,5-6,16H2,1-4H3,(H,25,29). The fraction of sp³-hybridized carbons (Fsp3) is 0.292. The van der Waals surface area contributed by atoms with E-state index in [0.717, 1.165) is 35.5 Å². The van der Waals surface area contributed by atoms with Crippen molar-refractivity contribution in [3.63, 3.8) is 0 Å². The summed E-state index contributed by atoms with van der Waals surface area (Å²) in [5.74, 6) is -0.293. The highest BCUT2D eigenvalue weighted by atomic mass is 16.2. The van der Waals surface area contributed by atoms with Crippen LogP contribution in [-0.2, 0) is 11.3 Å². The smallest absolute Gasteiger partial charge is 0.267 e. The molecule has 3 aromatic rings. The second kappa shape index (κ2) is 9.39. The number of hydrogen-bond donors (Lipinski definition) is 1. The fourth-order valence-corrected chi connectivity index (χ4v) is 3.40. The van der Waals surface area contributed by atoms with Crippen molar-refractivity contribution >= 4 is 17.3 Å². The molecule has 2 aromatic carbocycles. The van der Waals surface area contributed by atoms with E-state index in [-0.39, 0.29) is 18.0 Å². The van der Waals surface area contributed by atoms with Gasteiger partial charge in [-0.05, 0) is 69.7 Å². The first-order chi connectivity index (χ1) is 14.4. The van der Waals surface area contributed by atoms with Gasteiger partial charge < -0.3 is 10.2 Å². The molecule has 0 unspecified atom stereocenters. The van der Waals surface area contributed by atoms with Gasteiger partial charge in [-0.3, -0.25) is 9.59 Å². The Hall–Kier alpha value is -3.41. The molecule has 1 N–H and O–H groups in total. The number of rotatable bonds is 7. The van der Waals surface area contributed by atoms with E-state index in [2.05, 4.69) is 29.2 Å². The van der Waals surface area contributed by atoms with Crippen molar-refractivity contribution in [3.05, 3.63) is 76.1 Å². The number of nitrogens with zero attached hydrogens (tertiary/aromatic N) is 3. The van der Waals surface area contributed by atoms with Crippen LogP contribution in [0, 0.1) is 13.8 Å². The van der Waals surface area contributed by atoms with Crippen LogP contribution in [0.3, 0.4) is 0 Å². The molecular weight excluding hydrogens is 376 g/mol. The Labute approximate surface area is 177 Å². The average Bonchev–Trinajstić information content (AvgIpc) is 2.73. The van der Waals surface area contributed by atoms with E-state index in [1.807, 2.05) is 56.3 Å². The highest BCUT2D eigenvalue weighted by Gasteiger charge is 2.10. The molecule has 1 aromatic heterocycles. The minimum Gasteiger partial charge on any atom is -0.372 e. The number of aromatic nitrogens is 2. The number of nitrogens with one attached hydrogen (secondary N) is 1. The lowest BCUT2D eigenvalue weighted by atomic mass is 10.0. The second-order valence-electron chi connectivity index (χ2n) is 7.30. The van der Waals surface area contributed by atoms with Gasteiger partial charge in [0.05, 0.1) is 5.69 Å². The molecule has 6 heteroatoms. The summed E-state index contributed by atoms with van der Waals surface area (Å²) in [6, 6.07) is 16.9. The lowest BCUT2D eigenvalue weighted by molar-refractivity contribution is -0.117. The topological polar surface area (TPSA) is 67.2 Å². The maximum Gasteiger partial charge on any atom is 0.267 e. The number of benzene rings is 2. The summed E-state index contributed by atoms with van der Waals surface area (Å²) < 4.78 is 1.21. The largest absolute Gasteiger partial charge is 0.372 e. The van der Waals surface area contributed by atoms with Gasteiger partial charge in [0.1, 0.15) is 6.54 Å². The third-order valence-corrected chi connectivity index (χ3v) is 5.11. The molecule has 0 aliphatic heterocycles. The fourth-order valence-electron chi connectivity index (χ4n) is 3.40. The highest BCUT2D eigenvalue weighted by molar-refractivity contribution is 5.90. The van der Waals surface area contributed by atoms with Crippen LogP contribution in [0.25, 0.3) is 11.3 Å². The Morgan fingerprint density at radius 3 is 2.37 bits per heavy atom. The predicted molar refractivity (Wildman–Crippen MR) is 122 cm³/mol. The van der Waals surface area contributed by atoms with E-state index in [9.17, 15) is 9.59 Å². The Morgan fingerprint density at radius 2 is 1.70 bits per heavy atom. The van der Waals surface area contributed by atoms with Gasteiger partial charge in [-0.15, -0.1) is 0 Å². The molecule has 3 rings (SSSR count). The summed E-state index contributed by atoms with van der Waals surface area (Å²) in [6.07, 6.45) is 0. The van der Waals surface area contributed by atoms with Crippen LogP contribution >= 0.6 is 0 Å². The van der Waals surface area contributed by atoms with Crippen LogP contribution in [0.15, 0.2) is 59.4 Å². The van der Waals surface area contributed by atoms with E-state index in [0.29, 0.717) is 11.4 Å². The first-order valence-electron chi connectivity index (χ1n) is 10.2. The third-order valence-electron chi connectivity index (χ3n) is 5.11. The minimum atomic E-state index is -0.309. The minimum absolute atomic E-state index is 0.144. The molecule has 0 aliphatic carbocycles. The predicted octanol–water partition coefficient (Wildman–Crippen LogP) is 4.01. The molecule has 0 saturated carbocycles. The van der Waals surface area contributed by atoms with Crippen molar-refractivity contribution in [1.82, 2.24) is 9.78 Å². The maximum atomic E-state index is 12.5. The van der Waals surface area contributed by atoms with Gasteiger partial charge in [-0.1, -0.05) is 17.7 Å². The Balaban J connectivity index is 1.75. The van der Waals surface area contributed by atoms with Gasteiger partial charge in [0, 0.05) is 36.1 Å². The van der Waals surface area contributed by atoms with E-state index in [1.54, 1.807) is 6.07 Å². The Morgan fingerprint density at radius 1 is 1.00 bits per heavy atom. The zero-order valence-electron chi connectivity index (χ0n) is 18.0. The van der Waals surface area contributed by atoms with E-state index >= 15 is 0 Å². The normalized spacial score (nSPS) is 10.7. The summed E-state index contributed by atoms with van der Waals surface area (Å²) in [7, 11) is 0. The van der Waals surface area contributed by atoms with Crippen LogP contribution in [-0.4, -0.2) is 28.8 Å². The summed E-state index contributed by atoms with van der Waals surface area (Å²) in [5, 5.41) is 7.26. The molecule has 0 fully saturated rings. The molecule has 0 radical (unpaired) electrons. The van der Waals surface area contributed by atoms with E-state index in [1.165, 1.54) is 10.7 Å². The van der Waals surface area contributed by atoms with Crippen molar-refractivity contribution in [2.24, 2.45) is 0 Å². The molecule has 156 valence electrons. The molecular formula is C24H28N4O2. The summed E-state index contributed by atoms with van der Waals surface area (Å²) >= 11 is 0. The van der Waals surface area contributed by atoms with Crippen LogP contribution < -0.4 is 15.8 Å². The number of carbonyl (C=O) groups is 1. The van der Waals surface area contributed by atoms with Crippen LogP contribution in [0.5, 0.6) is 0 Å². The molecule has 30 heavy (non-hydrogen) atoms. The monoisotopic (exact) mass is 404 g/mol. The molecule has 1 heterocycles. The van der Waals surface area contributed by atoms with Crippen molar-refractivity contribution in [3.8, 4) is 11.3 Å². The molecule has 0 spiro atoms. The Bertz CT molecular complexity index is 1080. The Kier molecular flexibility index (Phi) is 6.67. The maximum absolute atomic E-state index is 12.5. The lowest BCUT2D eigenvalue weighted by Crippen LogP contribution is -2.29. The van der Waals surface area contributed by atoms with Gasteiger partial charge in [0.25, 0.3) is 5.56 Å². The number of anilines is 2. The first-order valence-corrected chi connectivity index (χ1v) is 10.2. The highest BCUT2D eigenvalue weighted by Crippen LogP contribution is 2.22. The van der Waals surface area contributed by atoms with Crippen molar-refractivity contribution in [1.29, 1.82) is 0 Å². The number of amides is 1. The van der Waals surface area contributed by atoms with Crippen molar-refractivity contribution < 1.29 is 4.79 Å². The third kappa shape index (κ3) is 4.95. The molecule has 6 nitrogen and oxygen atoms in total. The average molecular weight is 405 g/mol. The van der Waals surface area contributed by atoms with Crippen molar-refractivity contribution in [2.45, 2.75) is 34.2 Å². The van der Waals surface area contributed by atoms with E-state index < -0.39 is 0 Å². The summed E-state index contributed by atoms with van der Waals surface area (Å²) in [4.78, 5) is 27.0. The van der Waals surface area contributed by atoms with Gasteiger partial charge >= 0.3 is 0 Å². The molecule has 0 aliphatic rings. The zero-order chi connectivity index (χ0) is 21.7. The quantitative estimate of drug-likeness (QED) is 0.646. The first kappa shape index (κ1) is 21.3. The van der Waals surface area contributed by atoms with Crippen molar-refractivity contribution in [2.75, 3.05) is 23.3 Å². The summed E-state index contributed by atoms with van der Waals surface area (Å²) in [5.41, 5.74) is 5.29. The van der Waals surface area contributed by atoms with Gasteiger partial charge in [0.2, 0.25) is 5.91 Å². The van der Waals surface area contributed by atoms with Crippen LogP contribution in [0.1, 0.15) is 25.0 Å². The molecule has 0 atom stereocenters. The lowest BCUT2D eigenvalue weighted by Gasteiger charge is -2.21. The number of aryl methyl sites for hydroxylation is 2. The molecule has 1 amide bonds. The molecule has 0 bridgehead atoms. The van der Waals surface area contributed by atoms with Gasteiger partial charge in [0.15, 0.2) is 0 Å². The molecule has 0 saturated heterocycles. The number of carbonyl (C=O) groups excluding carboxylic acids is 1. The van der Waals surface area contributed by atoms with Crippen LogP contribution in [0.4, 0.5) is 11.4 Å². The van der Waals surface area contributed by atoms with Gasteiger partial charge in [-0.25, -0.2) is 4.68 Å². The van der Waals surface area contributed by atoms with Crippen LogP contribution in [0.2, 0.25) is 0 Å².